The SMILES string of the molecule is CCN(CC[N+](C)(C)Cc1ccccc1)c1ccc(N=Nc2nc(-c3ccccc3)ns2)c(C)c1.O=S(=O)([O-])[O-].[H+]. The first kappa shape index (κ1) is 31.0. The lowest BCUT2D eigenvalue weighted by Gasteiger charge is -2.33. The van der Waals surface area contributed by atoms with Gasteiger partial charge in [0.2, 0.25) is 5.13 Å². The highest BCUT2D eigenvalue weighted by Crippen LogP contribution is 2.28. The summed E-state index contributed by atoms with van der Waals surface area (Å²) in [5, 5.41) is 9.35. The van der Waals surface area contributed by atoms with E-state index in [1.165, 1.54) is 22.8 Å². The summed E-state index contributed by atoms with van der Waals surface area (Å²) < 4.78 is 39.4. The van der Waals surface area contributed by atoms with Crippen molar-refractivity contribution in [3.63, 3.8) is 0 Å². The topological polar surface area (TPSA) is 134 Å². The number of rotatable bonds is 10. The Kier molecular flexibility index (Phi) is 11.0. The zero-order chi connectivity index (χ0) is 29.2. The Morgan fingerprint density at radius 2 is 1.60 bits per heavy atom. The van der Waals surface area contributed by atoms with Gasteiger partial charge >= 0.3 is 1.43 Å². The Bertz CT molecular complexity index is 1490. The highest BCUT2D eigenvalue weighted by Gasteiger charge is 2.18. The van der Waals surface area contributed by atoms with Crippen LogP contribution in [0.1, 0.15) is 19.5 Å². The van der Waals surface area contributed by atoms with Gasteiger partial charge in [0, 0.05) is 45.3 Å². The van der Waals surface area contributed by atoms with Crippen LogP contribution in [-0.2, 0) is 16.9 Å². The van der Waals surface area contributed by atoms with Crippen molar-refractivity contribution in [3.05, 3.63) is 90.0 Å². The van der Waals surface area contributed by atoms with E-state index >= 15 is 0 Å². The highest BCUT2D eigenvalue weighted by atomic mass is 32.3. The molecule has 0 aliphatic rings. The molecule has 212 valence electrons. The van der Waals surface area contributed by atoms with Crippen molar-refractivity contribution in [2.24, 2.45) is 10.2 Å². The van der Waals surface area contributed by atoms with Crippen molar-refractivity contribution < 1.29 is 23.4 Å². The predicted molar refractivity (Wildman–Crippen MR) is 157 cm³/mol. The van der Waals surface area contributed by atoms with Gasteiger partial charge in [-0.15, -0.1) is 10.2 Å². The Morgan fingerprint density at radius 3 is 2.20 bits per heavy atom. The summed E-state index contributed by atoms with van der Waals surface area (Å²) in [6.07, 6.45) is 0. The third kappa shape index (κ3) is 10.5. The Balaban J connectivity index is 0.000000902. The maximum absolute atomic E-state index is 8.52. The fraction of sp³-hybridized carbons (Fsp3) is 0.286. The van der Waals surface area contributed by atoms with Gasteiger partial charge in [0.15, 0.2) is 5.82 Å². The van der Waals surface area contributed by atoms with Gasteiger partial charge < -0.3 is 18.5 Å². The molecule has 0 atom stereocenters. The number of likely N-dealkylation sites (N-methyl/N-ethyl adjacent to an activating group) is 2. The van der Waals surface area contributed by atoms with Gasteiger partial charge in [0.1, 0.15) is 6.54 Å². The summed E-state index contributed by atoms with van der Waals surface area (Å²) in [7, 11) is -0.571. The molecule has 0 fully saturated rings. The molecule has 0 bridgehead atoms. The van der Waals surface area contributed by atoms with Crippen molar-refractivity contribution in [3.8, 4) is 11.4 Å². The van der Waals surface area contributed by atoms with Crippen LogP contribution in [0, 0.1) is 6.92 Å². The molecule has 0 radical (unpaired) electrons. The van der Waals surface area contributed by atoms with Crippen molar-refractivity contribution >= 4 is 38.4 Å². The second kappa shape index (κ2) is 14.2. The van der Waals surface area contributed by atoms with Crippen LogP contribution in [0.15, 0.2) is 89.1 Å². The van der Waals surface area contributed by atoms with E-state index in [1.807, 2.05) is 36.4 Å². The number of anilines is 1. The minimum atomic E-state index is -5.17. The zero-order valence-electron chi connectivity index (χ0n) is 24.0. The van der Waals surface area contributed by atoms with Gasteiger partial charge in [-0.1, -0.05) is 60.7 Å². The molecule has 12 heteroatoms. The van der Waals surface area contributed by atoms with E-state index in [0.717, 1.165) is 47.5 Å². The molecule has 0 saturated carbocycles. The molecular formula is C28H34N6O4S2. The monoisotopic (exact) mass is 582 g/mol. The van der Waals surface area contributed by atoms with Crippen LogP contribution >= 0.6 is 11.5 Å². The number of nitrogens with zero attached hydrogens (tertiary/aromatic N) is 6. The first-order valence-electron chi connectivity index (χ1n) is 12.6. The lowest BCUT2D eigenvalue weighted by atomic mass is 10.1. The fourth-order valence-electron chi connectivity index (χ4n) is 4.02. The van der Waals surface area contributed by atoms with Gasteiger partial charge in [-0.2, -0.15) is 9.36 Å². The van der Waals surface area contributed by atoms with Crippen LogP contribution in [-0.4, -0.2) is 65.1 Å². The first-order valence-corrected chi connectivity index (χ1v) is 14.7. The molecule has 1 heterocycles. The van der Waals surface area contributed by atoms with Crippen LogP contribution in [0.25, 0.3) is 11.4 Å². The summed E-state index contributed by atoms with van der Waals surface area (Å²) in [5.74, 6) is 0.684. The van der Waals surface area contributed by atoms with E-state index < -0.39 is 10.4 Å². The summed E-state index contributed by atoms with van der Waals surface area (Å²) in [5.41, 5.74) is 5.51. The Hall–Kier alpha value is -3.55. The van der Waals surface area contributed by atoms with Crippen LogP contribution in [0.2, 0.25) is 0 Å². The number of benzene rings is 3. The second-order valence-corrected chi connectivity index (χ2v) is 11.3. The Morgan fingerprint density at radius 1 is 0.975 bits per heavy atom. The van der Waals surface area contributed by atoms with Crippen LogP contribution in [0.3, 0.4) is 0 Å². The largest absolute Gasteiger partial charge is 1.00 e. The second-order valence-electron chi connectivity index (χ2n) is 9.73. The van der Waals surface area contributed by atoms with Crippen molar-refractivity contribution in [2.45, 2.75) is 20.4 Å². The molecule has 0 spiro atoms. The number of azo groups is 1. The van der Waals surface area contributed by atoms with Gasteiger partial charge in [-0.05, 0) is 37.6 Å². The molecule has 0 amide bonds. The van der Waals surface area contributed by atoms with Gasteiger partial charge in [0.05, 0.1) is 32.9 Å². The maximum atomic E-state index is 8.52. The van der Waals surface area contributed by atoms with Crippen LogP contribution < -0.4 is 4.90 Å². The summed E-state index contributed by atoms with van der Waals surface area (Å²) >= 11 is 1.26. The van der Waals surface area contributed by atoms with E-state index in [-0.39, 0.29) is 1.43 Å². The van der Waals surface area contributed by atoms with Crippen molar-refractivity contribution in [1.82, 2.24) is 9.36 Å². The van der Waals surface area contributed by atoms with Crippen LogP contribution in [0.5, 0.6) is 0 Å². The molecule has 0 saturated heterocycles. The van der Waals surface area contributed by atoms with Gasteiger partial charge in [0.25, 0.3) is 0 Å². The highest BCUT2D eigenvalue weighted by molar-refractivity contribution is 7.79. The molecule has 0 aliphatic heterocycles. The molecule has 4 rings (SSSR count). The van der Waals surface area contributed by atoms with E-state index in [0.29, 0.717) is 11.0 Å². The Labute approximate surface area is 241 Å². The number of hydrogen-bond donors (Lipinski definition) is 0. The molecule has 0 aliphatic carbocycles. The number of hydrogen-bond acceptors (Lipinski definition) is 10. The summed E-state index contributed by atoms with van der Waals surface area (Å²) in [6.45, 7) is 8.32. The summed E-state index contributed by atoms with van der Waals surface area (Å²) in [6, 6.07) is 27.0. The van der Waals surface area contributed by atoms with E-state index in [2.05, 4.69) is 94.9 Å². The lowest BCUT2D eigenvalue weighted by Crippen LogP contribution is -2.44. The molecule has 10 nitrogen and oxygen atoms in total. The summed E-state index contributed by atoms with van der Waals surface area (Å²) in [4.78, 5) is 6.92. The average molecular weight is 583 g/mol. The van der Waals surface area contributed by atoms with Crippen LogP contribution in [0.4, 0.5) is 16.5 Å². The lowest BCUT2D eigenvalue weighted by molar-refractivity contribution is -0.902. The van der Waals surface area contributed by atoms with Gasteiger partial charge in [-0.25, -0.2) is 0 Å². The standard InChI is InChI=1S/C28H33N6S.H2O4S/c1-5-33(18-19-34(3,4)21-23-12-8-6-9-13-23)25-16-17-26(22(2)20-25)30-31-28-29-27(32-35-28)24-14-10-7-11-15-24;1-5(2,3)4/h6-17,20H,5,18-19,21H2,1-4H3;(H2,1,2,3,4)/q+1;/p-1. The average Bonchev–Trinajstić information content (AvgIpc) is 3.37. The first-order chi connectivity index (χ1) is 18.9. The quantitative estimate of drug-likeness (QED) is 0.0997. The maximum Gasteiger partial charge on any atom is 1.00 e. The number of aromatic nitrogens is 2. The van der Waals surface area contributed by atoms with E-state index in [4.69, 9.17) is 17.5 Å². The van der Waals surface area contributed by atoms with E-state index in [9.17, 15) is 0 Å². The third-order valence-electron chi connectivity index (χ3n) is 6.05. The minimum absolute atomic E-state index is 0. The van der Waals surface area contributed by atoms with E-state index in [1.54, 1.807) is 0 Å². The number of aryl methyl sites for hydroxylation is 1. The number of quaternary nitrogens is 1. The van der Waals surface area contributed by atoms with Crippen molar-refractivity contribution in [1.29, 1.82) is 0 Å². The molecule has 40 heavy (non-hydrogen) atoms. The third-order valence-corrected chi connectivity index (χ3v) is 6.65. The smallest absolute Gasteiger partial charge is 0.759 e. The fourth-order valence-corrected chi connectivity index (χ4v) is 4.54. The molecule has 1 aromatic heterocycles. The molecule has 0 unspecified atom stereocenters. The van der Waals surface area contributed by atoms with Crippen molar-refractivity contribution in [2.75, 3.05) is 38.6 Å². The molecule has 4 aromatic rings. The normalized spacial score (nSPS) is 11.8. The zero-order valence-corrected chi connectivity index (χ0v) is 24.6. The minimum Gasteiger partial charge on any atom is -0.759 e. The molecule has 0 N–H and O–H groups in total. The molecule has 3 aromatic carbocycles. The molecular weight excluding hydrogens is 548 g/mol. The van der Waals surface area contributed by atoms with Gasteiger partial charge in [-0.3, -0.25) is 8.42 Å². The predicted octanol–water partition coefficient (Wildman–Crippen LogP) is 5.81.